The Morgan fingerprint density at radius 2 is 1.93 bits per heavy atom. The van der Waals surface area contributed by atoms with E-state index >= 15 is 0 Å². The summed E-state index contributed by atoms with van der Waals surface area (Å²) >= 11 is 4.59. The number of hydrogen-bond donors (Lipinski definition) is 1. The first-order valence-electron chi connectivity index (χ1n) is 8.41. The first-order chi connectivity index (χ1) is 13.2. The van der Waals surface area contributed by atoms with Gasteiger partial charge in [-0.2, -0.15) is 0 Å². The molecular weight excluding hydrogens is 424 g/mol. The van der Waals surface area contributed by atoms with E-state index in [4.69, 9.17) is 4.42 Å². The molecule has 1 amide bonds. The van der Waals surface area contributed by atoms with Crippen LogP contribution in [-0.4, -0.2) is 10.9 Å². The van der Waals surface area contributed by atoms with E-state index in [0.29, 0.717) is 9.80 Å². The second kappa shape index (κ2) is 6.48. The molecule has 0 radical (unpaired) electrons. The number of furan rings is 1. The van der Waals surface area contributed by atoms with Crippen LogP contribution in [0, 0.1) is 0 Å². The molecule has 2 aromatic carbocycles. The van der Waals surface area contributed by atoms with Crippen molar-refractivity contribution < 1.29 is 9.21 Å². The van der Waals surface area contributed by atoms with Crippen molar-refractivity contribution in [3.63, 3.8) is 0 Å². The topological polar surface area (TPSA) is 55.1 Å². The third kappa shape index (κ3) is 3.01. The van der Waals surface area contributed by atoms with Crippen LogP contribution in [0.5, 0.6) is 0 Å². The van der Waals surface area contributed by atoms with E-state index in [2.05, 4.69) is 68.7 Å². The molecule has 0 saturated carbocycles. The Kier molecular flexibility index (Phi) is 3.95. The van der Waals surface area contributed by atoms with Gasteiger partial charge in [0.05, 0.1) is 5.69 Å². The predicted octanol–water partition coefficient (Wildman–Crippen LogP) is 5.99. The van der Waals surface area contributed by atoms with Crippen molar-refractivity contribution in [3.8, 4) is 22.4 Å². The molecular formula is C21H13BrN2O2S. The van der Waals surface area contributed by atoms with Crippen LogP contribution in [0.25, 0.3) is 22.4 Å². The van der Waals surface area contributed by atoms with Gasteiger partial charge < -0.3 is 4.42 Å². The van der Waals surface area contributed by atoms with E-state index < -0.39 is 0 Å². The van der Waals surface area contributed by atoms with Crippen molar-refractivity contribution in [1.29, 1.82) is 0 Å². The second-order valence-electron chi connectivity index (χ2n) is 6.30. The third-order valence-electron chi connectivity index (χ3n) is 4.61. The van der Waals surface area contributed by atoms with Gasteiger partial charge in [-0.15, -0.1) is 11.3 Å². The number of nitrogens with zero attached hydrogens (tertiary/aromatic N) is 1. The van der Waals surface area contributed by atoms with Crippen LogP contribution < -0.4 is 5.32 Å². The molecule has 2 aromatic heterocycles. The highest BCUT2D eigenvalue weighted by Crippen LogP contribution is 2.38. The lowest BCUT2D eigenvalue weighted by Crippen LogP contribution is -2.10. The molecule has 0 aliphatic heterocycles. The standard InChI is InChI=1S/C21H13BrN2O2S/c22-19-8-7-18(26-19)20(25)24-21-23-17(11-27-21)13-5-6-16-14(10-13)9-12-3-1-2-4-15(12)16/h1-8,10-11H,9H2,(H,23,24,25). The fourth-order valence-electron chi connectivity index (χ4n) is 3.36. The highest BCUT2D eigenvalue weighted by molar-refractivity contribution is 9.10. The van der Waals surface area contributed by atoms with E-state index in [1.807, 2.05) is 5.38 Å². The minimum absolute atomic E-state index is 0.244. The number of anilines is 1. The minimum Gasteiger partial charge on any atom is -0.444 e. The monoisotopic (exact) mass is 436 g/mol. The molecule has 0 bridgehead atoms. The van der Waals surface area contributed by atoms with Gasteiger partial charge in [-0.25, -0.2) is 4.98 Å². The number of nitrogens with one attached hydrogen (secondary N) is 1. The zero-order chi connectivity index (χ0) is 18.4. The maximum Gasteiger partial charge on any atom is 0.293 e. The number of hydrogen-bond acceptors (Lipinski definition) is 4. The van der Waals surface area contributed by atoms with Crippen LogP contribution in [0.2, 0.25) is 0 Å². The molecule has 0 spiro atoms. The summed E-state index contributed by atoms with van der Waals surface area (Å²) in [5.41, 5.74) is 7.19. The highest BCUT2D eigenvalue weighted by Gasteiger charge is 2.19. The normalized spacial score (nSPS) is 11.9. The maximum atomic E-state index is 12.2. The van der Waals surface area contributed by atoms with Gasteiger partial charge in [0.15, 0.2) is 15.6 Å². The average molecular weight is 437 g/mol. The third-order valence-corrected chi connectivity index (χ3v) is 5.80. The maximum absolute atomic E-state index is 12.2. The van der Waals surface area contributed by atoms with Gasteiger partial charge >= 0.3 is 0 Å². The van der Waals surface area contributed by atoms with Crippen molar-refractivity contribution in [1.82, 2.24) is 4.98 Å². The Bertz CT molecular complexity index is 1180. The zero-order valence-corrected chi connectivity index (χ0v) is 16.4. The molecule has 132 valence electrons. The molecule has 27 heavy (non-hydrogen) atoms. The quantitative estimate of drug-likeness (QED) is 0.377. The molecule has 4 nitrogen and oxygen atoms in total. The fraction of sp³-hybridized carbons (Fsp3) is 0.0476. The van der Waals surface area contributed by atoms with Gasteiger partial charge in [-0.3, -0.25) is 10.1 Å². The summed E-state index contributed by atoms with van der Waals surface area (Å²) < 4.78 is 5.79. The zero-order valence-electron chi connectivity index (χ0n) is 14.0. The lowest BCUT2D eigenvalue weighted by atomic mass is 10.0. The summed E-state index contributed by atoms with van der Waals surface area (Å²) in [5, 5.41) is 5.29. The summed E-state index contributed by atoms with van der Waals surface area (Å²) in [6.45, 7) is 0. The van der Waals surface area contributed by atoms with Crippen molar-refractivity contribution >= 4 is 38.3 Å². The van der Waals surface area contributed by atoms with Gasteiger partial charge in [0.2, 0.25) is 0 Å². The van der Waals surface area contributed by atoms with E-state index in [-0.39, 0.29) is 11.7 Å². The summed E-state index contributed by atoms with van der Waals surface area (Å²) in [6, 6.07) is 18.3. The smallest absolute Gasteiger partial charge is 0.293 e. The van der Waals surface area contributed by atoms with E-state index in [0.717, 1.165) is 17.7 Å². The Balaban J connectivity index is 1.39. The number of aromatic nitrogens is 1. The summed E-state index contributed by atoms with van der Waals surface area (Å²) in [7, 11) is 0. The Morgan fingerprint density at radius 1 is 1.07 bits per heavy atom. The molecule has 0 saturated heterocycles. The average Bonchev–Trinajstić information content (AvgIpc) is 3.39. The SMILES string of the molecule is O=C(Nc1nc(-c2ccc3c(c2)Cc2ccccc2-3)cs1)c1ccc(Br)o1. The van der Waals surface area contributed by atoms with Crippen molar-refractivity contribution in [2.24, 2.45) is 0 Å². The number of halogens is 1. The number of thiazole rings is 1. The number of carbonyl (C=O) groups is 1. The molecule has 2 heterocycles. The molecule has 0 fully saturated rings. The van der Waals surface area contributed by atoms with Crippen LogP contribution in [0.4, 0.5) is 5.13 Å². The van der Waals surface area contributed by atoms with Crippen LogP contribution in [0.3, 0.4) is 0 Å². The molecule has 6 heteroatoms. The molecule has 4 aromatic rings. The highest BCUT2D eigenvalue weighted by atomic mass is 79.9. The Morgan fingerprint density at radius 3 is 2.78 bits per heavy atom. The Labute approximate surface area is 168 Å². The van der Waals surface area contributed by atoms with Crippen molar-refractivity contribution in [3.05, 3.63) is 81.5 Å². The molecule has 0 atom stereocenters. The number of amides is 1. The number of rotatable bonds is 3. The summed E-state index contributed by atoms with van der Waals surface area (Å²) in [6.07, 6.45) is 0.945. The number of fused-ring (bicyclic) bond motifs is 3. The molecule has 5 rings (SSSR count). The van der Waals surface area contributed by atoms with Crippen LogP contribution >= 0.6 is 27.3 Å². The van der Waals surface area contributed by atoms with Crippen molar-refractivity contribution in [2.45, 2.75) is 6.42 Å². The van der Waals surface area contributed by atoms with Gasteiger partial charge in [0.1, 0.15) is 0 Å². The predicted molar refractivity (Wildman–Crippen MR) is 110 cm³/mol. The van der Waals surface area contributed by atoms with E-state index in [1.54, 1.807) is 12.1 Å². The van der Waals surface area contributed by atoms with Gasteiger partial charge in [-0.1, -0.05) is 36.4 Å². The van der Waals surface area contributed by atoms with Crippen LogP contribution in [-0.2, 0) is 6.42 Å². The van der Waals surface area contributed by atoms with Crippen LogP contribution in [0.15, 0.2) is 69.1 Å². The fourth-order valence-corrected chi connectivity index (χ4v) is 4.38. The van der Waals surface area contributed by atoms with Gasteiger partial charge in [-0.05, 0) is 62.8 Å². The van der Waals surface area contributed by atoms with E-state index in [1.165, 1.54) is 33.6 Å². The Hall–Kier alpha value is -2.70. The number of benzene rings is 2. The summed E-state index contributed by atoms with van der Waals surface area (Å²) in [5.74, 6) is -0.0695. The first kappa shape index (κ1) is 16.5. The molecule has 1 aliphatic rings. The molecule has 0 unspecified atom stereocenters. The second-order valence-corrected chi connectivity index (χ2v) is 7.94. The lowest BCUT2D eigenvalue weighted by Gasteiger charge is -2.03. The largest absolute Gasteiger partial charge is 0.444 e. The van der Waals surface area contributed by atoms with Crippen molar-refractivity contribution in [2.75, 3.05) is 5.32 Å². The number of carbonyl (C=O) groups excluding carboxylic acids is 1. The van der Waals surface area contributed by atoms with Crippen LogP contribution in [0.1, 0.15) is 21.7 Å². The lowest BCUT2D eigenvalue weighted by molar-refractivity contribution is 0.0995. The minimum atomic E-state index is -0.314. The molecule has 1 aliphatic carbocycles. The molecule has 1 N–H and O–H groups in total. The van der Waals surface area contributed by atoms with Gasteiger partial charge in [0, 0.05) is 10.9 Å². The van der Waals surface area contributed by atoms with Gasteiger partial charge in [0.25, 0.3) is 5.91 Å². The van der Waals surface area contributed by atoms with E-state index in [9.17, 15) is 4.79 Å². The first-order valence-corrected chi connectivity index (χ1v) is 10.1. The summed E-state index contributed by atoms with van der Waals surface area (Å²) in [4.78, 5) is 16.8.